The molecule has 0 saturated carbocycles. The second-order valence-corrected chi connectivity index (χ2v) is 3.15. The lowest BCUT2D eigenvalue weighted by molar-refractivity contribution is 0.0721. The largest absolute Gasteiger partial charge is 0.424 e. The highest BCUT2D eigenvalue weighted by atomic mass is 16.5. The molecule has 1 fully saturated rings. The van der Waals surface area contributed by atoms with Crippen molar-refractivity contribution in [2.45, 2.75) is 25.3 Å². The number of rotatable bonds is 2. The molecule has 1 aromatic rings. The monoisotopic (exact) mass is 183 g/mol. The zero-order valence-electron chi connectivity index (χ0n) is 7.40. The fourth-order valence-electron chi connectivity index (χ4n) is 1.45. The maximum Gasteiger partial charge on any atom is 0.230 e. The standard InChI is InChI=1S/C8H13N3O2/c9-4-7-10-11-8(13-7)6-2-1-3-12-5-6/h6H,1-5,9H2/t6-/m1/s1. The minimum absolute atomic E-state index is 0.265. The van der Waals surface area contributed by atoms with E-state index in [1.807, 2.05) is 0 Å². The lowest BCUT2D eigenvalue weighted by atomic mass is 10.0. The van der Waals surface area contributed by atoms with Gasteiger partial charge in [0, 0.05) is 6.61 Å². The van der Waals surface area contributed by atoms with Crippen LogP contribution in [0, 0.1) is 0 Å². The van der Waals surface area contributed by atoms with Crippen LogP contribution in [0.2, 0.25) is 0 Å². The molecule has 72 valence electrons. The molecule has 5 nitrogen and oxygen atoms in total. The molecule has 0 unspecified atom stereocenters. The summed E-state index contributed by atoms with van der Waals surface area (Å²) in [5.41, 5.74) is 5.37. The summed E-state index contributed by atoms with van der Waals surface area (Å²) < 4.78 is 10.7. The highest BCUT2D eigenvalue weighted by Crippen LogP contribution is 2.23. The normalized spacial score (nSPS) is 23.3. The third kappa shape index (κ3) is 1.87. The Bertz CT molecular complexity index is 268. The fourth-order valence-corrected chi connectivity index (χ4v) is 1.45. The van der Waals surface area contributed by atoms with Gasteiger partial charge < -0.3 is 14.9 Å². The lowest BCUT2D eigenvalue weighted by Crippen LogP contribution is -2.15. The molecule has 0 spiro atoms. The summed E-state index contributed by atoms with van der Waals surface area (Å²) in [4.78, 5) is 0. The number of aromatic nitrogens is 2. The molecule has 0 amide bonds. The molecule has 1 atom stereocenters. The van der Waals surface area contributed by atoms with Gasteiger partial charge >= 0.3 is 0 Å². The molecule has 2 heterocycles. The van der Waals surface area contributed by atoms with E-state index in [0.717, 1.165) is 19.4 Å². The van der Waals surface area contributed by atoms with Crippen LogP contribution in [0.15, 0.2) is 4.42 Å². The molecule has 1 aliphatic rings. The van der Waals surface area contributed by atoms with Crippen LogP contribution in [0.1, 0.15) is 30.5 Å². The van der Waals surface area contributed by atoms with Crippen molar-refractivity contribution in [1.29, 1.82) is 0 Å². The highest BCUT2D eigenvalue weighted by Gasteiger charge is 2.21. The highest BCUT2D eigenvalue weighted by molar-refractivity contribution is 4.92. The topological polar surface area (TPSA) is 74.2 Å². The average molecular weight is 183 g/mol. The van der Waals surface area contributed by atoms with E-state index >= 15 is 0 Å². The van der Waals surface area contributed by atoms with Crippen molar-refractivity contribution in [1.82, 2.24) is 10.2 Å². The number of hydrogen-bond acceptors (Lipinski definition) is 5. The zero-order valence-corrected chi connectivity index (χ0v) is 7.40. The molecule has 13 heavy (non-hydrogen) atoms. The molecule has 1 saturated heterocycles. The van der Waals surface area contributed by atoms with Gasteiger partial charge in [-0.3, -0.25) is 0 Å². The molecule has 2 rings (SSSR count). The Morgan fingerprint density at radius 2 is 2.38 bits per heavy atom. The second-order valence-electron chi connectivity index (χ2n) is 3.15. The van der Waals surface area contributed by atoms with Crippen molar-refractivity contribution in [3.05, 3.63) is 11.8 Å². The van der Waals surface area contributed by atoms with Gasteiger partial charge in [0.05, 0.1) is 19.1 Å². The number of hydrogen-bond donors (Lipinski definition) is 1. The summed E-state index contributed by atoms with van der Waals surface area (Å²) in [6, 6.07) is 0. The van der Waals surface area contributed by atoms with Crippen LogP contribution in [0.3, 0.4) is 0 Å². The average Bonchev–Trinajstić information content (AvgIpc) is 2.67. The van der Waals surface area contributed by atoms with Crippen molar-refractivity contribution in [2.75, 3.05) is 13.2 Å². The summed E-state index contributed by atoms with van der Waals surface area (Å²) in [7, 11) is 0. The van der Waals surface area contributed by atoms with Crippen LogP contribution in [-0.4, -0.2) is 23.4 Å². The SMILES string of the molecule is NCc1nnc([C@@H]2CCCOC2)o1. The van der Waals surface area contributed by atoms with Crippen molar-refractivity contribution >= 4 is 0 Å². The molecule has 0 bridgehead atoms. The van der Waals surface area contributed by atoms with Crippen LogP contribution in [-0.2, 0) is 11.3 Å². The fraction of sp³-hybridized carbons (Fsp3) is 0.750. The summed E-state index contributed by atoms with van der Waals surface area (Å²) in [6.45, 7) is 1.83. The Morgan fingerprint density at radius 1 is 1.46 bits per heavy atom. The van der Waals surface area contributed by atoms with Gasteiger partial charge in [-0.25, -0.2) is 0 Å². The Hall–Kier alpha value is -0.940. The molecule has 0 radical (unpaired) electrons. The molecule has 1 aromatic heterocycles. The molecule has 1 aliphatic heterocycles. The van der Waals surface area contributed by atoms with Crippen molar-refractivity contribution in [3.8, 4) is 0 Å². The molecule has 2 N–H and O–H groups in total. The van der Waals surface area contributed by atoms with Gasteiger partial charge in [-0.1, -0.05) is 0 Å². The minimum atomic E-state index is 0.265. The van der Waals surface area contributed by atoms with E-state index in [1.165, 1.54) is 0 Å². The summed E-state index contributed by atoms with van der Waals surface area (Å²) in [6.07, 6.45) is 2.12. The summed E-state index contributed by atoms with van der Waals surface area (Å²) in [5, 5.41) is 7.75. The van der Waals surface area contributed by atoms with Gasteiger partial charge in [-0.15, -0.1) is 10.2 Å². The Balaban J connectivity index is 2.05. The first-order valence-electron chi connectivity index (χ1n) is 4.50. The van der Waals surface area contributed by atoms with Gasteiger partial charge in [0.15, 0.2) is 0 Å². The van der Waals surface area contributed by atoms with Gasteiger partial charge in [-0.2, -0.15) is 0 Å². The van der Waals surface area contributed by atoms with Crippen LogP contribution >= 0.6 is 0 Å². The van der Waals surface area contributed by atoms with E-state index in [-0.39, 0.29) is 5.92 Å². The predicted molar refractivity (Wildman–Crippen MR) is 45.0 cm³/mol. The minimum Gasteiger partial charge on any atom is -0.424 e. The van der Waals surface area contributed by atoms with Crippen LogP contribution in [0.25, 0.3) is 0 Å². The number of nitrogens with two attached hydrogens (primary N) is 1. The Morgan fingerprint density at radius 3 is 3.00 bits per heavy atom. The quantitative estimate of drug-likeness (QED) is 0.719. The Kier molecular flexibility index (Phi) is 2.56. The van der Waals surface area contributed by atoms with Crippen molar-refractivity contribution in [2.24, 2.45) is 5.73 Å². The number of ether oxygens (including phenoxy) is 1. The van der Waals surface area contributed by atoms with E-state index in [2.05, 4.69) is 10.2 Å². The first-order valence-corrected chi connectivity index (χ1v) is 4.50. The third-order valence-electron chi connectivity index (χ3n) is 2.17. The molecular formula is C8H13N3O2. The van der Waals surface area contributed by atoms with Crippen LogP contribution in [0.4, 0.5) is 0 Å². The van der Waals surface area contributed by atoms with E-state index in [1.54, 1.807) is 0 Å². The predicted octanol–water partition coefficient (Wildman–Crippen LogP) is 0.422. The summed E-state index contributed by atoms with van der Waals surface area (Å²) >= 11 is 0. The lowest BCUT2D eigenvalue weighted by Gasteiger charge is -2.18. The maximum atomic E-state index is 5.37. The van der Waals surface area contributed by atoms with Crippen LogP contribution in [0.5, 0.6) is 0 Å². The first kappa shape index (κ1) is 8.65. The molecular weight excluding hydrogens is 170 g/mol. The van der Waals surface area contributed by atoms with Gasteiger partial charge in [-0.05, 0) is 12.8 Å². The third-order valence-corrected chi connectivity index (χ3v) is 2.17. The van der Waals surface area contributed by atoms with Crippen LogP contribution < -0.4 is 5.73 Å². The van der Waals surface area contributed by atoms with E-state index in [9.17, 15) is 0 Å². The van der Waals surface area contributed by atoms with E-state index in [4.69, 9.17) is 14.9 Å². The maximum absolute atomic E-state index is 5.37. The van der Waals surface area contributed by atoms with Gasteiger partial charge in [0.1, 0.15) is 0 Å². The number of nitrogens with zero attached hydrogens (tertiary/aromatic N) is 2. The van der Waals surface area contributed by atoms with Gasteiger partial charge in [0.2, 0.25) is 11.8 Å². The van der Waals surface area contributed by atoms with E-state index < -0.39 is 0 Å². The zero-order chi connectivity index (χ0) is 9.10. The Labute approximate surface area is 76.3 Å². The van der Waals surface area contributed by atoms with Crippen molar-refractivity contribution in [3.63, 3.8) is 0 Å². The van der Waals surface area contributed by atoms with E-state index in [0.29, 0.717) is 24.9 Å². The molecule has 0 aliphatic carbocycles. The molecule has 5 heteroatoms. The molecule has 0 aromatic carbocycles. The smallest absolute Gasteiger partial charge is 0.230 e. The first-order chi connectivity index (χ1) is 6.40. The van der Waals surface area contributed by atoms with Crippen molar-refractivity contribution < 1.29 is 9.15 Å². The second kappa shape index (κ2) is 3.85. The van der Waals surface area contributed by atoms with Gasteiger partial charge in [0.25, 0.3) is 0 Å². The summed E-state index contributed by atoms with van der Waals surface area (Å²) in [5.74, 6) is 1.43.